The first kappa shape index (κ1) is 15.8. The van der Waals surface area contributed by atoms with Crippen LogP contribution in [0.5, 0.6) is 0 Å². The van der Waals surface area contributed by atoms with Gasteiger partial charge in [-0.3, -0.25) is 9.55 Å². The summed E-state index contributed by atoms with van der Waals surface area (Å²) in [5.41, 5.74) is 8.35. The predicted octanol–water partition coefficient (Wildman–Crippen LogP) is 3.16. The highest BCUT2D eigenvalue weighted by Crippen LogP contribution is 2.32. The highest BCUT2D eigenvalue weighted by atomic mass is 35.5. The van der Waals surface area contributed by atoms with Gasteiger partial charge in [-0.25, -0.2) is 9.18 Å². The lowest BCUT2D eigenvalue weighted by Crippen LogP contribution is -2.22. The first-order valence-corrected chi connectivity index (χ1v) is 8.24. The van der Waals surface area contributed by atoms with Crippen molar-refractivity contribution in [1.82, 2.24) is 14.5 Å². The third kappa shape index (κ3) is 2.78. The van der Waals surface area contributed by atoms with Gasteiger partial charge in [0.05, 0.1) is 11.4 Å². The lowest BCUT2D eigenvalue weighted by Gasteiger charge is -2.11. The van der Waals surface area contributed by atoms with Crippen LogP contribution in [0, 0.1) is 5.82 Å². The number of hydrogen-bond acceptors (Lipinski definition) is 4. The normalized spacial score (nSPS) is 13.0. The van der Waals surface area contributed by atoms with E-state index in [0.29, 0.717) is 16.3 Å². The number of nitrogens with two attached hydrogens (primary N) is 1. The fourth-order valence-electron chi connectivity index (χ4n) is 3.10. The number of nitrogen functional groups attached to an aromatic ring is 1. The topological polar surface area (TPSA) is 73.8 Å². The van der Waals surface area contributed by atoms with Crippen LogP contribution in [0.25, 0.3) is 16.9 Å². The van der Waals surface area contributed by atoms with Crippen LogP contribution in [-0.4, -0.2) is 14.5 Å². The van der Waals surface area contributed by atoms with Gasteiger partial charge in [-0.2, -0.15) is 4.98 Å². The molecular weight excluding hydrogens is 343 g/mol. The van der Waals surface area contributed by atoms with E-state index >= 15 is 0 Å². The third-order valence-electron chi connectivity index (χ3n) is 4.32. The van der Waals surface area contributed by atoms with Crippen molar-refractivity contribution >= 4 is 17.4 Å². The van der Waals surface area contributed by atoms with Crippen molar-refractivity contribution in [2.24, 2.45) is 0 Å². The molecule has 4 rings (SSSR count). The maximum Gasteiger partial charge on any atom is 0.354 e. The molecule has 2 heterocycles. The van der Waals surface area contributed by atoms with Gasteiger partial charge < -0.3 is 5.73 Å². The summed E-state index contributed by atoms with van der Waals surface area (Å²) in [6, 6.07) is 7.71. The Morgan fingerprint density at radius 3 is 2.80 bits per heavy atom. The monoisotopic (exact) mass is 356 g/mol. The molecule has 2 aromatic heterocycles. The molecule has 1 aliphatic carbocycles. The molecule has 0 radical (unpaired) electrons. The maximum absolute atomic E-state index is 14.3. The van der Waals surface area contributed by atoms with Gasteiger partial charge in [-0.1, -0.05) is 11.6 Å². The van der Waals surface area contributed by atoms with Crippen molar-refractivity contribution in [3.63, 3.8) is 0 Å². The van der Waals surface area contributed by atoms with Gasteiger partial charge in [0, 0.05) is 22.5 Å². The van der Waals surface area contributed by atoms with Crippen molar-refractivity contribution in [2.45, 2.75) is 19.3 Å². The zero-order valence-corrected chi connectivity index (χ0v) is 13.9. The summed E-state index contributed by atoms with van der Waals surface area (Å²) >= 11 is 6.36. The molecule has 0 saturated carbocycles. The molecule has 0 spiro atoms. The van der Waals surface area contributed by atoms with Gasteiger partial charge in [0.15, 0.2) is 0 Å². The fraction of sp³-hybridized carbons (Fsp3) is 0.167. The average Bonchev–Trinajstić information content (AvgIpc) is 3.05. The minimum atomic E-state index is -0.643. The highest BCUT2D eigenvalue weighted by Gasteiger charge is 2.18. The van der Waals surface area contributed by atoms with Crippen LogP contribution in [0.15, 0.2) is 41.3 Å². The van der Waals surface area contributed by atoms with E-state index in [-0.39, 0.29) is 11.5 Å². The number of anilines is 1. The van der Waals surface area contributed by atoms with Crippen molar-refractivity contribution in [2.75, 3.05) is 5.73 Å². The Labute approximate surface area is 147 Å². The Hall–Kier alpha value is -2.73. The van der Waals surface area contributed by atoms with E-state index in [1.807, 2.05) is 0 Å². The van der Waals surface area contributed by atoms with Gasteiger partial charge in [0.25, 0.3) is 0 Å². The standard InChI is InChI=1S/C18H14ClFN4O/c19-12-9-15(22-14-3-1-2-11(12)14)10-4-5-13(20)16(8-10)24-7-6-17(21)23-18(24)25/h4-9H,1-3H2,(H2,21,23,25). The van der Waals surface area contributed by atoms with E-state index in [2.05, 4.69) is 9.97 Å². The summed E-state index contributed by atoms with van der Waals surface area (Å²) in [7, 11) is 0. The fourth-order valence-corrected chi connectivity index (χ4v) is 3.40. The van der Waals surface area contributed by atoms with Crippen molar-refractivity contribution in [3.05, 3.63) is 69.1 Å². The molecule has 0 saturated heterocycles. The number of pyridine rings is 1. The zero-order chi connectivity index (χ0) is 17.6. The molecule has 25 heavy (non-hydrogen) atoms. The molecular formula is C18H14ClFN4O. The second-order valence-electron chi connectivity index (χ2n) is 5.94. The SMILES string of the molecule is Nc1ccn(-c2cc(-c3cc(Cl)c4c(n3)CCC4)ccc2F)c(=O)n1. The quantitative estimate of drug-likeness (QED) is 0.765. The van der Waals surface area contributed by atoms with Crippen LogP contribution in [0.4, 0.5) is 10.2 Å². The maximum atomic E-state index is 14.3. The van der Waals surface area contributed by atoms with Crippen molar-refractivity contribution < 1.29 is 4.39 Å². The van der Waals surface area contributed by atoms with Crippen molar-refractivity contribution in [3.8, 4) is 16.9 Å². The number of hydrogen-bond donors (Lipinski definition) is 1. The van der Waals surface area contributed by atoms with Crippen LogP contribution in [0.2, 0.25) is 5.02 Å². The smallest absolute Gasteiger partial charge is 0.354 e. The lowest BCUT2D eigenvalue weighted by atomic mass is 10.1. The van der Waals surface area contributed by atoms with E-state index in [1.165, 1.54) is 18.3 Å². The van der Waals surface area contributed by atoms with E-state index < -0.39 is 11.5 Å². The Bertz CT molecular complexity index is 1050. The van der Waals surface area contributed by atoms with E-state index in [9.17, 15) is 9.18 Å². The zero-order valence-electron chi connectivity index (χ0n) is 13.2. The molecule has 1 aliphatic rings. The number of aromatic nitrogens is 3. The van der Waals surface area contributed by atoms with Crippen LogP contribution < -0.4 is 11.4 Å². The summed E-state index contributed by atoms with van der Waals surface area (Å²) in [5, 5.41) is 0.676. The van der Waals surface area contributed by atoms with Gasteiger partial charge in [0.2, 0.25) is 0 Å². The molecule has 7 heteroatoms. The summed E-state index contributed by atoms with van der Waals surface area (Å²) in [5.74, 6) is -0.449. The van der Waals surface area contributed by atoms with E-state index in [4.69, 9.17) is 17.3 Å². The molecule has 1 aromatic carbocycles. The minimum Gasteiger partial charge on any atom is -0.383 e. The molecule has 0 amide bonds. The van der Waals surface area contributed by atoms with E-state index in [1.54, 1.807) is 18.2 Å². The molecule has 126 valence electrons. The summed E-state index contributed by atoms with van der Waals surface area (Å²) in [4.78, 5) is 20.3. The van der Waals surface area contributed by atoms with Crippen LogP contribution in [0.3, 0.4) is 0 Å². The van der Waals surface area contributed by atoms with Crippen molar-refractivity contribution in [1.29, 1.82) is 0 Å². The minimum absolute atomic E-state index is 0.0879. The third-order valence-corrected chi connectivity index (χ3v) is 4.66. The van der Waals surface area contributed by atoms with Gasteiger partial charge in [-0.15, -0.1) is 0 Å². The molecule has 0 unspecified atom stereocenters. The highest BCUT2D eigenvalue weighted by molar-refractivity contribution is 6.31. The molecule has 5 nitrogen and oxygen atoms in total. The first-order chi connectivity index (χ1) is 12.0. The molecule has 0 atom stereocenters. The Morgan fingerprint density at radius 2 is 2.00 bits per heavy atom. The average molecular weight is 357 g/mol. The lowest BCUT2D eigenvalue weighted by molar-refractivity contribution is 0.615. The van der Waals surface area contributed by atoms with Gasteiger partial charge in [0.1, 0.15) is 11.6 Å². The number of benzene rings is 1. The van der Waals surface area contributed by atoms with Gasteiger partial charge >= 0.3 is 5.69 Å². The van der Waals surface area contributed by atoms with Gasteiger partial charge in [-0.05, 0) is 55.2 Å². The first-order valence-electron chi connectivity index (χ1n) is 7.87. The summed E-state index contributed by atoms with van der Waals surface area (Å²) in [6.45, 7) is 0. The molecule has 0 bridgehead atoms. The summed E-state index contributed by atoms with van der Waals surface area (Å²) in [6.07, 6.45) is 4.25. The second-order valence-corrected chi connectivity index (χ2v) is 6.35. The predicted molar refractivity (Wildman–Crippen MR) is 94.5 cm³/mol. The molecule has 0 aliphatic heterocycles. The number of rotatable bonds is 2. The van der Waals surface area contributed by atoms with E-state index in [0.717, 1.165) is 35.1 Å². The molecule has 0 fully saturated rings. The largest absolute Gasteiger partial charge is 0.383 e. The van der Waals surface area contributed by atoms with Crippen LogP contribution >= 0.6 is 11.6 Å². The number of nitrogens with zero attached hydrogens (tertiary/aromatic N) is 3. The van der Waals surface area contributed by atoms with Crippen LogP contribution in [0.1, 0.15) is 17.7 Å². The molecule has 3 aromatic rings. The number of halogens is 2. The Balaban J connectivity index is 1.86. The van der Waals surface area contributed by atoms with Crippen LogP contribution in [-0.2, 0) is 12.8 Å². The summed E-state index contributed by atoms with van der Waals surface area (Å²) < 4.78 is 15.4. The Morgan fingerprint density at radius 1 is 1.16 bits per heavy atom. The number of aryl methyl sites for hydroxylation is 1. The Kier molecular flexibility index (Phi) is 3.77. The molecule has 2 N–H and O–H groups in total. The second kappa shape index (κ2) is 5.97. The number of fused-ring (bicyclic) bond motifs is 1.